The standard InChI is InChI=1S/C4H2N5S/c10-4-2-1-3-5-7-8-9(3)6-4/h1-2H. The number of hydrogen-bond donors (Lipinski definition) is 0. The van der Waals surface area contributed by atoms with Crippen molar-refractivity contribution >= 4 is 18.3 Å². The van der Waals surface area contributed by atoms with E-state index < -0.39 is 0 Å². The summed E-state index contributed by atoms with van der Waals surface area (Å²) in [6.45, 7) is 0. The predicted molar refractivity (Wildman–Crippen MR) is 34.4 cm³/mol. The van der Waals surface area contributed by atoms with Gasteiger partial charge in [0.25, 0.3) is 0 Å². The zero-order valence-corrected chi connectivity index (χ0v) is 5.62. The van der Waals surface area contributed by atoms with Crippen molar-refractivity contribution in [2.24, 2.45) is 0 Å². The molecule has 0 saturated heterocycles. The van der Waals surface area contributed by atoms with Crippen LogP contribution in [0.25, 0.3) is 5.65 Å². The van der Waals surface area contributed by atoms with Gasteiger partial charge in [0.1, 0.15) is 5.03 Å². The molecule has 0 aliphatic carbocycles. The Labute approximate surface area is 61.5 Å². The van der Waals surface area contributed by atoms with Crippen LogP contribution >= 0.6 is 12.6 Å². The number of hydrogen-bond acceptors (Lipinski definition) is 4. The quantitative estimate of drug-likeness (QED) is 0.536. The first-order valence-electron chi connectivity index (χ1n) is 2.59. The molecular formula is C4H2N5S. The van der Waals surface area contributed by atoms with Gasteiger partial charge in [-0.05, 0) is 22.6 Å². The van der Waals surface area contributed by atoms with Gasteiger partial charge in [0.05, 0.1) is 0 Å². The summed E-state index contributed by atoms with van der Waals surface area (Å²) >= 11 is 4.78. The zero-order valence-electron chi connectivity index (χ0n) is 4.80. The fraction of sp³-hybridized carbons (Fsp3) is 0. The minimum Gasteiger partial charge on any atom is -0.136 e. The van der Waals surface area contributed by atoms with E-state index in [1.165, 1.54) is 4.63 Å². The molecule has 2 rings (SSSR count). The van der Waals surface area contributed by atoms with Crippen LogP contribution in [0.1, 0.15) is 0 Å². The SMILES string of the molecule is [S]c1ccc2nnnn2n1. The van der Waals surface area contributed by atoms with Crippen LogP contribution in [-0.4, -0.2) is 25.3 Å². The summed E-state index contributed by atoms with van der Waals surface area (Å²) in [4.78, 5) is 0. The maximum absolute atomic E-state index is 4.78. The number of nitrogens with zero attached hydrogens (tertiary/aromatic N) is 5. The lowest BCUT2D eigenvalue weighted by Gasteiger charge is -1.86. The molecule has 0 spiro atoms. The highest BCUT2D eigenvalue weighted by molar-refractivity contribution is 7.80. The molecule has 0 atom stereocenters. The van der Waals surface area contributed by atoms with Crippen LogP contribution in [0.3, 0.4) is 0 Å². The summed E-state index contributed by atoms with van der Waals surface area (Å²) in [5.41, 5.74) is 0.605. The maximum atomic E-state index is 4.78. The second-order valence-corrected chi connectivity index (χ2v) is 2.12. The molecule has 6 heteroatoms. The third-order valence-electron chi connectivity index (χ3n) is 1.05. The van der Waals surface area contributed by atoms with Crippen LogP contribution in [0.4, 0.5) is 0 Å². The van der Waals surface area contributed by atoms with Gasteiger partial charge in [-0.25, -0.2) is 0 Å². The van der Waals surface area contributed by atoms with Crippen molar-refractivity contribution in [3.05, 3.63) is 12.1 Å². The molecule has 0 N–H and O–H groups in total. The van der Waals surface area contributed by atoms with Crippen LogP contribution in [0.15, 0.2) is 17.2 Å². The first kappa shape index (κ1) is 5.48. The van der Waals surface area contributed by atoms with Gasteiger partial charge >= 0.3 is 0 Å². The van der Waals surface area contributed by atoms with Gasteiger partial charge < -0.3 is 0 Å². The molecule has 0 aromatic carbocycles. The van der Waals surface area contributed by atoms with Crippen LogP contribution in [-0.2, 0) is 0 Å². The summed E-state index contributed by atoms with van der Waals surface area (Å²) < 4.78 is 1.29. The topological polar surface area (TPSA) is 56.0 Å². The van der Waals surface area contributed by atoms with Gasteiger partial charge in [0.2, 0.25) is 0 Å². The minimum atomic E-state index is 0.486. The number of tetrazole rings is 1. The van der Waals surface area contributed by atoms with E-state index in [4.69, 9.17) is 12.6 Å². The normalized spacial score (nSPS) is 10.4. The van der Waals surface area contributed by atoms with Gasteiger partial charge in [-0.3, -0.25) is 0 Å². The first-order valence-corrected chi connectivity index (χ1v) is 2.99. The van der Waals surface area contributed by atoms with E-state index in [0.29, 0.717) is 10.7 Å². The van der Waals surface area contributed by atoms with E-state index in [1.54, 1.807) is 12.1 Å². The molecule has 1 radical (unpaired) electrons. The molecule has 5 nitrogen and oxygen atoms in total. The van der Waals surface area contributed by atoms with Crippen LogP contribution < -0.4 is 0 Å². The number of fused-ring (bicyclic) bond motifs is 1. The van der Waals surface area contributed by atoms with E-state index in [9.17, 15) is 0 Å². The summed E-state index contributed by atoms with van der Waals surface area (Å²) in [6, 6.07) is 3.40. The zero-order chi connectivity index (χ0) is 6.97. The Morgan fingerprint density at radius 3 is 3.20 bits per heavy atom. The average molecular weight is 152 g/mol. The third-order valence-corrected chi connectivity index (χ3v) is 1.26. The van der Waals surface area contributed by atoms with Crippen LogP contribution in [0, 0.1) is 0 Å². The second kappa shape index (κ2) is 1.84. The summed E-state index contributed by atoms with van der Waals surface area (Å²) in [7, 11) is 0. The largest absolute Gasteiger partial charge is 0.200 e. The first-order chi connectivity index (χ1) is 4.86. The summed E-state index contributed by atoms with van der Waals surface area (Å²) in [5.74, 6) is 0. The van der Waals surface area contributed by atoms with Gasteiger partial charge in [0.15, 0.2) is 5.65 Å². The average Bonchev–Trinajstić information content (AvgIpc) is 2.33. The lowest BCUT2D eigenvalue weighted by Crippen LogP contribution is -1.93. The Balaban J connectivity index is 2.86. The van der Waals surface area contributed by atoms with Crippen molar-refractivity contribution in [3.63, 3.8) is 0 Å². The second-order valence-electron chi connectivity index (χ2n) is 1.70. The van der Waals surface area contributed by atoms with Crippen LogP contribution in [0.2, 0.25) is 0 Å². The molecule has 2 heterocycles. The van der Waals surface area contributed by atoms with Gasteiger partial charge in [-0.1, -0.05) is 12.6 Å². The Hall–Kier alpha value is -1.30. The van der Waals surface area contributed by atoms with Crippen molar-refractivity contribution in [3.8, 4) is 0 Å². The molecule has 2 aromatic heterocycles. The molecule has 0 aliphatic heterocycles. The lowest BCUT2D eigenvalue weighted by atomic mass is 10.6. The maximum Gasteiger partial charge on any atom is 0.200 e. The Morgan fingerprint density at radius 1 is 1.40 bits per heavy atom. The molecule has 0 saturated carbocycles. The molecule has 0 fully saturated rings. The lowest BCUT2D eigenvalue weighted by molar-refractivity contribution is 0.703. The Kier molecular flexibility index (Phi) is 1.01. The minimum absolute atomic E-state index is 0.486. The highest BCUT2D eigenvalue weighted by Gasteiger charge is 1.95. The monoisotopic (exact) mass is 152 g/mol. The Bertz CT molecular complexity index is 355. The van der Waals surface area contributed by atoms with E-state index in [-0.39, 0.29) is 0 Å². The van der Waals surface area contributed by atoms with E-state index >= 15 is 0 Å². The highest BCUT2D eigenvalue weighted by atomic mass is 32.1. The molecule has 0 bridgehead atoms. The molecule has 10 heavy (non-hydrogen) atoms. The fourth-order valence-electron chi connectivity index (χ4n) is 0.633. The van der Waals surface area contributed by atoms with E-state index in [2.05, 4.69) is 20.6 Å². The molecular weight excluding hydrogens is 150 g/mol. The van der Waals surface area contributed by atoms with Crippen molar-refractivity contribution in [2.75, 3.05) is 0 Å². The van der Waals surface area contributed by atoms with Gasteiger partial charge in [0, 0.05) is 0 Å². The van der Waals surface area contributed by atoms with E-state index in [1.807, 2.05) is 0 Å². The fourth-order valence-corrected chi connectivity index (χ4v) is 0.779. The molecule has 49 valence electrons. The van der Waals surface area contributed by atoms with Crippen molar-refractivity contribution in [1.82, 2.24) is 25.3 Å². The van der Waals surface area contributed by atoms with Crippen LogP contribution in [0.5, 0.6) is 0 Å². The molecule has 2 aromatic rings. The number of aromatic nitrogens is 5. The van der Waals surface area contributed by atoms with E-state index in [0.717, 1.165) is 0 Å². The van der Waals surface area contributed by atoms with Gasteiger partial charge in [-0.2, -0.15) is 0 Å². The summed E-state index contributed by atoms with van der Waals surface area (Å²) in [6.07, 6.45) is 0. The predicted octanol–water partition coefficient (Wildman–Crippen LogP) is 0.0757. The molecule has 0 aliphatic rings. The Morgan fingerprint density at radius 2 is 2.30 bits per heavy atom. The molecule has 0 unspecified atom stereocenters. The number of rotatable bonds is 0. The smallest absolute Gasteiger partial charge is 0.136 e. The van der Waals surface area contributed by atoms with Gasteiger partial charge in [-0.15, -0.1) is 14.8 Å². The third kappa shape index (κ3) is 0.695. The molecule has 0 amide bonds. The van der Waals surface area contributed by atoms with Crippen molar-refractivity contribution in [2.45, 2.75) is 5.03 Å². The van der Waals surface area contributed by atoms with Crippen molar-refractivity contribution in [1.29, 1.82) is 0 Å². The summed E-state index contributed by atoms with van der Waals surface area (Å²) in [5, 5.41) is 14.9. The highest BCUT2D eigenvalue weighted by Crippen LogP contribution is 2.00. The van der Waals surface area contributed by atoms with Crippen molar-refractivity contribution < 1.29 is 0 Å².